The predicted molar refractivity (Wildman–Crippen MR) is 138 cm³/mol. The van der Waals surface area contributed by atoms with E-state index in [-0.39, 0.29) is 34.4 Å². The van der Waals surface area contributed by atoms with Crippen molar-refractivity contribution < 1.29 is 40.9 Å². The van der Waals surface area contributed by atoms with E-state index in [2.05, 4.69) is 15.3 Å². The van der Waals surface area contributed by atoms with Gasteiger partial charge in [0.2, 0.25) is 23.5 Å². The first-order valence-corrected chi connectivity index (χ1v) is 11.7. The number of carbonyl (C=O) groups excluding carboxylic acids is 3. The van der Waals surface area contributed by atoms with E-state index < -0.39 is 50.4 Å². The Morgan fingerprint density at radius 1 is 1.26 bits per heavy atom. The summed E-state index contributed by atoms with van der Waals surface area (Å²) in [6.07, 6.45) is 4.33. The molecule has 0 spiro atoms. The summed E-state index contributed by atoms with van der Waals surface area (Å²) in [5, 5.41) is 3.01. The first-order chi connectivity index (χ1) is 21.1. The maximum atomic E-state index is 14.1. The van der Waals surface area contributed by atoms with Crippen LogP contribution < -0.4 is 14.8 Å². The molecule has 0 radical (unpaired) electrons. The van der Waals surface area contributed by atoms with Gasteiger partial charge in [0.25, 0.3) is 5.91 Å². The number of likely N-dealkylation sites (N-methyl/N-ethyl adjacent to an activating group) is 1. The number of pyridine rings is 1. The van der Waals surface area contributed by atoms with Gasteiger partial charge in [-0.3, -0.25) is 19.4 Å². The molecule has 4 heterocycles. The number of carbonyl (C=O) groups is 3. The lowest BCUT2D eigenvalue weighted by Crippen LogP contribution is -2.62. The molecule has 0 unspecified atom stereocenters. The van der Waals surface area contributed by atoms with Crippen molar-refractivity contribution in [2.75, 3.05) is 34.2 Å². The Morgan fingerprint density at radius 2 is 2.10 bits per heavy atom. The lowest BCUT2D eigenvalue weighted by Gasteiger charge is -2.37. The van der Waals surface area contributed by atoms with Crippen molar-refractivity contribution in [1.82, 2.24) is 25.1 Å². The van der Waals surface area contributed by atoms with Crippen LogP contribution in [0.3, 0.4) is 0 Å². The second kappa shape index (κ2) is 10.1. The molecule has 39 heavy (non-hydrogen) atoms. The third-order valence-electron chi connectivity index (χ3n) is 6.37. The average Bonchev–Trinajstić information content (AvgIpc) is 3.62. The molecule has 0 aliphatic carbocycles. The Morgan fingerprint density at radius 3 is 2.85 bits per heavy atom. The maximum Gasteiger partial charge on any atom is 0.295 e. The second-order valence-electron chi connectivity index (χ2n) is 8.83. The highest BCUT2D eigenvalue weighted by Crippen LogP contribution is 2.39. The van der Waals surface area contributed by atoms with Crippen LogP contribution in [0.4, 0.5) is 0 Å². The first-order valence-electron chi connectivity index (χ1n) is 14.7. The van der Waals surface area contributed by atoms with Gasteiger partial charge in [-0.2, -0.15) is 0 Å². The quantitative estimate of drug-likeness (QED) is 0.375. The lowest BCUT2D eigenvalue weighted by molar-refractivity contribution is -0.137. The summed E-state index contributed by atoms with van der Waals surface area (Å²) in [6.45, 7) is -7.27. The highest BCUT2D eigenvalue weighted by Gasteiger charge is 2.48. The molecule has 202 valence electrons. The topological polar surface area (TPSA) is 140 Å². The third-order valence-corrected chi connectivity index (χ3v) is 6.37. The Kier molecular flexibility index (Phi) is 4.99. The molecule has 1 aliphatic heterocycles. The fourth-order valence-corrected chi connectivity index (χ4v) is 4.23. The number of benzene rings is 1. The predicted octanol–water partition coefficient (Wildman–Crippen LogP) is 2.49. The second-order valence-corrected chi connectivity index (χ2v) is 8.83. The zero-order chi connectivity index (χ0) is 32.7. The molecule has 12 nitrogen and oxygen atoms in total. The van der Waals surface area contributed by atoms with Crippen molar-refractivity contribution in [2.24, 2.45) is 0 Å². The van der Waals surface area contributed by atoms with E-state index in [9.17, 15) is 14.4 Å². The number of rotatable bonds is 7. The van der Waals surface area contributed by atoms with Gasteiger partial charge in [0.15, 0.2) is 11.3 Å². The molecule has 3 aromatic heterocycles. The number of methoxy groups -OCH3 is 1. The lowest BCUT2D eigenvalue weighted by atomic mass is 9.99. The summed E-state index contributed by atoms with van der Waals surface area (Å²) < 4.78 is 68.4. The smallest absolute Gasteiger partial charge is 0.295 e. The van der Waals surface area contributed by atoms with Crippen LogP contribution in [0.15, 0.2) is 57.8 Å². The van der Waals surface area contributed by atoms with Gasteiger partial charge in [0.1, 0.15) is 36.4 Å². The van der Waals surface area contributed by atoms with E-state index in [0.717, 1.165) is 4.90 Å². The van der Waals surface area contributed by atoms with Crippen LogP contribution in [0.5, 0.6) is 11.5 Å². The molecular weight excluding hydrogens is 506 g/mol. The number of aromatic nitrogens is 2. The Hall–Kier alpha value is -4.87. The van der Waals surface area contributed by atoms with Crippen molar-refractivity contribution in [1.29, 1.82) is 0 Å². The average molecular weight is 540 g/mol. The summed E-state index contributed by atoms with van der Waals surface area (Å²) in [5.41, 5.74) is -0.903. The largest absolute Gasteiger partial charge is 0.495 e. The molecule has 0 fully saturated rings. The number of ether oxygens (including phenoxy) is 2. The minimum absolute atomic E-state index is 0.0298. The number of amides is 3. The zero-order valence-corrected chi connectivity index (χ0v) is 20.9. The van der Waals surface area contributed by atoms with Crippen molar-refractivity contribution >= 4 is 28.7 Å². The minimum atomic E-state index is -3.39. The maximum absolute atomic E-state index is 14.1. The van der Waals surface area contributed by atoms with Crippen molar-refractivity contribution in [2.45, 2.75) is 19.0 Å². The van der Waals surface area contributed by atoms with Gasteiger partial charge in [0, 0.05) is 33.9 Å². The number of hydrogen-bond acceptors (Lipinski definition) is 9. The van der Waals surface area contributed by atoms with Gasteiger partial charge < -0.3 is 33.4 Å². The van der Waals surface area contributed by atoms with Gasteiger partial charge in [-0.25, -0.2) is 4.98 Å². The molecule has 5 rings (SSSR count). The molecule has 1 aromatic carbocycles. The molecule has 1 aliphatic rings. The van der Waals surface area contributed by atoms with Crippen LogP contribution in [0.1, 0.15) is 31.4 Å². The minimum Gasteiger partial charge on any atom is -0.495 e. The summed E-state index contributed by atoms with van der Waals surface area (Å²) in [6, 6.07) is 8.08. The van der Waals surface area contributed by atoms with Crippen LogP contribution in [0, 0.1) is 0 Å². The van der Waals surface area contributed by atoms with Crippen LogP contribution in [-0.2, 0) is 16.1 Å². The number of fused-ring (bicyclic) bond motifs is 3. The Labute approximate surface area is 231 Å². The summed E-state index contributed by atoms with van der Waals surface area (Å²) in [5.74, 6) is -3.05. The highest BCUT2D eigenvalue weighted by atomic mass is 16.5. The van der Waals surface area contributed by atoms with Gasteiger partial charge in [-0.1, -0.05) is 0 Å². The Balaban J connectivity index is 1.55. The number of nitrogens with one attached hydrogen (secondary N) is 1. The van der Waals surface area contributed by atoms with Crippen LogP contribution in [-0.4, -0.2) is 77.2 Å². The zero-order valence-electron chi connectivity index (χ0n) is 26.9. The SMILES string of the molecule is [2H]C([2H])([2H])N(C(=O)CN1C(=O)c2oc3cc(-c4ncco4)ccc3c2OC[C@]1(C)C(=O)NCc1ncccc1OC)C([2H])([2H])[2H]. The van der Waals surface area contributed by atoms with Gasteiger partial charge in [-0.05, 0) is 37.3 Å². The summed E-state index contributed by atoms with van der Waals surface area (Å²) in [7, 11) is 1.43. The number of nitrogens with zero attached hydrogens (tertiary/aromatic N) is 4. The van der Waals surface area contributed by atoms with Crippen LogP contribution >= 0.6 is 0 Å². The molecule has 4 aromatic rings. The fourth-order valence-electron chi connectivity index (χ4n) is 4.23. The standard InChI is InChI=1S/C27H27N5O7/c1-27(26(35)30-13-18-19(36-4)6-5-9-28-18)15-38-22-17-8-7-16(24-29-10-11-37-24)12-20(17)39-23(22)25(34)32(27)14-21(33)31(2)3/h5-12H,13-15H2,1-4H3,(H,30,35)/t27-/m1/s1/i2D3,3D3. The van der Waals surface area contributed by atoms with Crippen LogP contribution in [0.2, 0.25) is 0 Å². The van der Waals surface area contributed by atoms with Crippen molar-refractivity contribution in [3.05, 3.63) is 60.4 Å². The molecule has 0 bridgehead atoms. The van der Waals surface area contributed by atoms with Crippen molar-refractivity contribution in [3.8, 4) is 23.0 Å². The monoisotopic (exact) mass is 539 g/mol. The molecular formula is C27H27N5O7. The molecule has 0 saturated carbocycles. The molecule has 3 amide bonds. The Bertz CT molecular complexity index is 1740. The number of furan rings is 1. The van der Waals surface area contributed by atoms with E-state index >= 15 is 0 Å². The van der Waals surface area contributed by atoms with E-state index in [1.165, 1.54) is 32.7 Å². The number of hydrogen-bond donors (Lipinski definition) is 1. The van der Waals surface area contributed by atoms with Gasteiger partial charge >= 0.3 is 0 Å². The van der Waals surface area contributed by atoms with Crippen LogP contribution in [0.25, 0.3) is 22.4 Å². The fraction of sp³-hybridized carbons (Fsp3) is 0.296. The van der Waals surface area contributed by atoms with Gasteiger partial charge in [-0.15, -0.1) is 0 Å². The van der Waals surface area contributed by atoms with E-state index in [1.54, 1.807) is 30.3 Å². The molecule has 1 N–H and O–H groups in total. The molecule has 1 atom stereocenters. The molecule has 0 saturated heterocycles. The number of oxazole rings is 1. The molecule has 12 heteroatoms. The van der Waals surface area contributed by atoms with Crippen molar-refractivity contribution in [3.63, 3.8) is 0 Å². The van der Waals surface area contributed by atoms with E-state index in [0.29, 0.717) is 22.4 Å². The van der Waals surface area contributed by atoms with E-state index in [4.69, 9.17) is 26.5 Å². The normalized spacial score (nSPS) is 19.7. The van der Waals surface area contributed by atoms with Gasteiger partial charge in [0.05, 0.1) is 25.2 Å². The van der Waals surface area contributed by atoms with E-state index in [1.807, 2.05) is 0 Å². The third kappa shape index (κ3) is 4.65. The highest BCUT2D eigenvalue weighted by molar-refractivity contribution is 6.06. The summed E-state index contributed by atoms with van der Waals surface area (Å²) >= 11 is 0. The summed E-state index contributed by atoms with van der Waals surface area (Å²) in [4.78, 5) is 50.0. The first kappa shape index (κ1) is 19.2.